The first-order chi connectivity index (χ1) is 7.13. The summed E-state index contributed by atoms with van der Waals surface area (Å²) in [4.78, 5) is 0. The lowest BCUT2D eigenvalue weighted by molar-refractivity contribution is 0.631. The lowest BCUT2D eigenvalue weighted by Crippen LogP contribution is -2.06. The lowest BCUT2D eigenvalue weighted by atomic mass is 10.1. The van der Waals surface area contributed by atoms with Crippen LogP contribution in [0.5, 0.6) is 0 Å². The standard InChI is InChI=1S/C11H14ClFN2/c1-2-7-9(15-6-3-4-6)5-8(14)11(13)10(7)12/h5-6,15H,2-4,14H2,1H3. The van der Waals surface area contributed by atoms with Crippen LogP contribution in [0.25, 0.3) is 0 Å². The van der Waals surface area contributed by atoms with E-state index in [9.17, 15) is 4.39 Å². The van der Waals surface area contributed by atoms with Gasteiger partial charge in [-0.15, -0.1) is 0 Å². The molecule has 15 heavy (non-hydrogen) atoms. The van der Waals surface area contributed by atoms with Crippen molar-refractivity contribution < 1.29 is 4.39 Å². The van der Waals surface area contributed by atoms with Gasteiger partial charge in [0.15, 0.2) is 5.82 Å². The summed E-state index contributed by atoms with van der Waals surface area (Å²) in [5.74, 6) is -0.505. The minimum Gasteiger partial charge on any atom is -0.396 e. The molecular formula is C11H14ClFN2. The number of nitrogens with two attached hydrogens (primary N) is 1. The highest BCUT2D eigenvalue weighted by Gasteiger charge is 2.23. The Morgan fingerprint density at radius 2 is 2.27 bits per heavy atom. The topological polar surface area (TPSA) is 38.0 Å². The molecule has 0 spiro atoms. The van der Waals surface area contributed by atoms with Crippen molar-refractivity contribution in [2.45, 2.75) is 32.2 Å². The van der Waals surface area contributed by atoms with E-state index < -0.39 is 5.82 Å². The number of rotatable bonds is 3. The molecule has 0 heterocycles. The summed E-state index contributed by atoms with van der Waals surface area (Å²) in [6.45, 7) is 1.95. The van der Waals surface area contributed by atoms with Crippen LogP contribution in [-0.4, -0.2) is 6.04 Å². The number of anilines is 2. The molecule has 0 unspecified atom stereocenters. The maximum atomic E-state index is 13.4. The maximum absolute atomic E-state index is 13.4. The Balaban J connectivity index is 2.41. The van der Waals surface area contributed by atoms with Gasteiger partial charge in [0.2, 0.25) is 0 Å². The van der Waals surface area contributed by atoms with Gasteiger partial charge >= 0.3 is 0 Å². The molecule has 2 nitrogen and oxygen atoms in total. The number of nitrogens with one attached hydrogen (secondary N) is 1. The summed E-state index contributed by atoms with van der Waals surface area (Å²) >= 11 is 5.91. The van der Waals surface area contributed by atoms with Gasteiger partial charge in [-0.05, 0) is 30.9 Å². The van der Waals surface area contributed by atoms with Crippen molar-refractivity contribution in [2.24, 2.45) is 0 Å². The first-order valence-corrected chi connectivity index (χ1v) is 5.54. The van der Waals surface area contributed by atoms with Gasteiger partial charge in [0, 0.05) is 11.7 Å². The smallest absolute Gasteiger partial charge is 0.165 e. The molecule has 1 fully saturated rings. The molecule has 1 aromatic rings. The van der Waals surface area contributed by atoms with Crippen LogP contribution in [-0.2, 0) is 6.42 Å². The molecule has 82 valence electrons. The van der Waals surface area contributed by atoms with Gasteiger partial charge in [-0.2, -0.15) is 0 Å². The Morgan fingerprint density at radius 3 is 2.80 bits per heavy atom. The van der Waals surface area contributed by atoms with Crippen LogP contribution in [0.4, 0.5) is 15.8 Å². The van der Waals surface area contributed by atoms with E-state index in [2.05, 4.69) is 5.32 Å². The monoisotopic (exact) mass is 228 g/mol. The Bertz CT molecular complexity index is 389. The molecule has 0 radical (unpaired) electrons. The minimum atomic E-state index is -0.505. The summed E-state index contributed by atoms with van der Waals surface area (Å²) in [5.41, 5.74) is 7.35. The van der Waals surface area contributed by atoms with Gasteiger partial charge in [0.25, 0.3) is 0 Å². The van der Waals surface area contributed by atoms with Crippen LogP contribution >= 0.6 is 11.6 Å². The molecule has 1 aliphatic rings. The molecule has 0 atom stereocenters. The molecule has 4 heteroatoms. The van der Waals surface area contributed by atoms with Crippen molar-refractivity contribution in [3.63, 3.8) is 0 Å². The highest BCUT2D eigenvalue weighted by Crippen LogP contribution is 2.35. The molecule has 1 aromatic carbocycles. The van der Waals surface area contributed by atoms with E-state index in [-0.39, 0.29) is 10.7 Å². The molecule has 1 aliphatic carbocycles. The second-order valence-electron chi connectivity index (χ2n) is 3.89. The average Bonchev–Trinajstić information content (AvgIpc) is 2.99. The summed E-state index contributed by atoms with van der Waals surface area (Å²) < 4.78 is 13.4. The fraction of sp³-hybridized carbons (Fsp3) is 0.455. The third-order valence-corrected chi connectivity index (χ3v) is 3.02. The highest BCUT2D eigenvalue weighted by atomic mass is 35.5. The highest BCUT2D eigenvalue weighted by molar-refractivity contribution is 6.32. The van der Waals surface area contributed by atoms with Crippen LogP contribution in [0, 0.1) is 5.82 Å². The zero-order chi connectivity index (χ0) is 11.0. The molecule has 0 bridgehead atoms. The van der Waals surface area contributed by atoms with E-state index in [0.29, 0.717) is 12.5 Å². The van der Waals surface area contributed by atoms with Crippen molar-refractivity contribution in [2.75, 3.05) is 11.1 Å². The molecule has 0 saturated heterocycles. The fourth-order valence-electron chi connectivity index (χ4n) is 1.61. The molecule has 0 aromatic heterocycles. The van der Waals surface area contributed by atoms with Gasteiger partial charge in [0.1, 0.15) is 0 Å². The first kappa shape index (κ1) is 10.6. The van der Waals surface area contributed by atoms with Gasteiger partial charge in [0.05, 0.1) is 10.7 Å². The second kappa shape index (κ2) is 3.89. The van der Waals surface area contributed by atoms with Crippen LogP contribution in [0.3, 0.4) is 0 Å². The quantitative estimate of drug-likeness (QED) is 0.780. The summed E-state index contributed by atoms with van der Waals surface area (Å²) in [5, 5.41) is 3.47. The van der Waals surface area contributed by atoms with Crippen molar-refractivity contribution in [3.05, 3.63) is 22.5 Å². The van der Waals surface area contributed by atoms with Gasteiger partial charge in [-0.1, -0.05) is 18.5 Å². The van der Waals surface area contributed by atoms with Crippen LogP contribution < -0.4 is 11.1 Å². The Kier molecular flexibility index (Phi) is 2.74. The van der Waals surface area contributed by atoms with Crippen molar-refractivity contribution >= 4 is 23.0 Å². The summed E-state index contributed by atoms with van der Waals surface area (Å²) in [6.07, 6.45) is 3.03. The van der Waals surface area contributed by atoms with Crippen molar-refractivity contribution in [1.82, 2.24) is 0 Å². The summed E-state index contributed by atoms with van der Waals surface area (Å²) in [7, 11) is 0. The predicted octanol–water partition coefficient (Wildman–Crippen LogP) is 3.20. The molecular weight excluding hydrogens is 215 g/mol. The Hall–Kier alpha value is -0.960. The number of benzene rings is 1. The molecule has 0 amide bonds. The van der Waals surface area contributed by atoms with Crippen molar-refractivity contribution in [3.8, 4) is 0 Å². The van der Waals surface area contributed by atoms with Crippen LogP contribution in [0.1, 0.15) is 25.3 Å². The normalized spacial score (nSPS) is 15.4. The van der Waals surface area contributed by atoms with Gasteiger partial charge in [-0.3, -0.25) is 0 Å². The number of hydrogen-bond donors (Lipinski definition) is 2. The van der Waals surface area contributed by atoms with Crippen molar-refractivity contribution in [1.29, 1.82) is 0 Å². The van der Waals surface area contributed by atoms with Crippen LogP contribution in [0.15, 0.2) is 6.07 Å². The van der Waals surface area contributed by atoms with E-state index in [1.54, 1.807) is 6.07 Å². The van der Waals surface area contributed by atoms with Gasteiger partial charge in [-0.25, -0.2) is 4.39 Å². The van der Waals surface area contributed by atoms with E-state index in [1.807, 2.05) is 6.92 Å². The molecule has 1 saturated carbocycles. The van der Waals surface area contributed by atoms with Gasteiger partial charge < -0.3 is 11.1 Å². The summed E-state index contributed by atoms with van der Waals surface area (Å²) in [6, 6.07) is 2.15. The Labute approximate surface area is 93.6 Å². The maximum Gasteiger partial charge on any atom is 0.165 e. The zero-order valence-corrected chi connectivity index (χ0v) is 9.37. The van der Waals surface area contributed by atoms with E-state index in [0.717, 1.165) is 24.1 Å². The SMILES string of the molecule is CCc1c(NC2CC2)cc(N)c(F)c1Cl. The molecule has 0 aliphatic heterocycles. The fourth-order valence-corrected chi connectivity index (χ4v) is 1.95. The minimum absolute atomic E-state index is 0.111. The lowest BCUT2D eigenvalue weighted by Gasteiger charge is -2.14. The number of halogens is 2. The van der Waals surface area contributed by atoms with Crippen LogP contribution in [0.2, 0.25) is 5.02 Å². The predicted molar refractivity (Wildman–Crippen MR) is 61.8 cm³/mol. The number of hydrogen-bond acceptors (Lipinski definition) is 2. The zero-order valence-electron chi connectivity index (χ0n) is 8.61. The third-order valence-electron chi connectivity index (χ3n) is 2.63. The molecule has 3 N–H and O–H groups in total. The Morgan fingerprint density at radius 1 is 1.60 bits per heavy atom. The van der Waals surface area contributed by atoms with E-state index >= 15 is 0 Å². The number of nitrogen functional groups attached to an aromatic ring is 1. The second-order valence-corrected chi connectivity index (χ2v) is 4.27. The largest absolute Gasteiger partial charge is 0.396 e. The van der Waals surface area contributed by atoms with E-state index in [1.165, 1.54) is 0 Å². The molecule has 2 rings (SSSR count). The first-order valence-electron chi connectivity index (χ1n) is 5.16. The average molecular weight is 229 g/mol. The van der Waals surface area contributed by atoms with E-state index in [4.69, 9.17) is 17.3 Å². The third kappa shape index (κ3) is 2.02.